The zero-order valence-corrected chi connectivity index (χ0v) is 16.5. The maximum Gasteiger partial charge on any atom is 0.332 e. The van der Waals surface area contributed by atoms with Crippen LogP contribution in [0.4, 0.5) is 0 Å². The Bertz CT molecular complexity index is 1160. The van der Waals surface area contributed by atoms with Crippen molar-refractivity contribution in [1.29, 1.82) is 0 Å². The van der Waals surface area contributed by atoms with Gasteiger partial charge in [0.05, 0.1) is 6.33 Å². The molecule has 0 spiro atoms. The quantitative estimate of drug-likeness (QED) is 0.651. The van der Waals surface area contributed by atoms with Crippen molar-refractivity contribution in [2.75, 3.05) is 7.05 Å². The van der Waals surface area contributed by atoms with Gasteiger partial charge in [-0.05, 0) is 17.7 Å². The van der Waals surface area contributed by atoms with Crippen LogP contribution in [-0.4, -0.2) is 36.5 Å². The minimum atomic E-state index is -0.498. The summed E-state index contributed by atoms with van der Waals surface area (Å²) in [5.41, 5.74) is 0.219. The summed E-state index contributed by atoms with van der Waals surface area (Å²) in [5.74, 6) is -0.240. The Labute approximate surface area is 164 Å². The Morgan fingerprint density at radius 2 is 1.89 bits per heavy atom. The number of hydrogen-bond acceptors (Lipinski definition) is 4. The third-order valence-corrected chi connectivity index (χ3v) is 4.96. The van der Waals surface area contributed by atoms with Crippen LogP contribution in [0, 0.1) is 0 Å². The molecule has 0 saturated carbocycles. The van der Waals surface area contributed by atoms with Gasteiger partial charge in [0.2, 0.25) is 5.91 Å². The van der Waals surface area contributed by atoms with Crippen LogP contribution in [0.15, 0.2) is 34.1 Å². The number of benzene rings is 1. The first-order valence-corrected chi connectivity index (χ1v) is 8.75. The number of likely N-dealkylation sites (N-methyl/N-ethyl adjacent to an activating group) is 1. The highest BCUT2D eigenvalue weighted by Gasteiger charge is 2.18. The van der Waals surface area contributed by atoms with Crippen LogP contribution in [0.2, 0.25) is 10.0 Å². The van der Waals surface area contributed by atoms with Gasteiger partial charge in [0, 0.05) is 37.7 Å². The summed E-state index contributed by atoms with van der Waals surface area (Å²) < 4.78 is 3.70. The number of hydrogen-bond donors (Lipinski definition) is 0. The van der Waals surface area contributed by atoms with E-state index in [2.05, 4.69) is 4.98 Å². The summed E-state index contributed by atoms with van der Waals surface area (Å²) in [6.45, 7) is 0.198. The summed E-state index contributed by atoms with van der Waals surface area (Å²) in [7, 11) is 4.55. The highest BCUT2D eigenvalue weighted by molar-refractivity contribution is 6.35. The van der Waals surface area contributed by atoms with E-state index in [0.717, 1.165) is 10.1 Å². The van der Waals surface area contributed by atoms with Gasteiger partial charge >= 0.3 is 5.69 Å². The predicted octanol–water partition coefficient (Wildman–Crippen LogP) is 1.40. The van der Waals surface area contributed by atoms with Gasteiger partial charge in [0.1, 0.15) is 6.54 Å². The number of rotatable bonds is 4. The molecule has 0 saturated heterocycles. The van der Waals surface area contributed by atoms with E-state index < -0.39 is 11.2 Å². The summed E-state index contributed by atoms with van der Waals surface area (Å²) in [6, 6.07) is 5.08. The molecular formula is C17H17Cl2N5O3. The third-order valence-electron chi connectivity index (χ3n) is 4.37. The molecule has 3 aromatic rings. The molecule has 0 radical (unpaired) electrons. The number of carbonyl (C=O) groups excluding carboxylic acids is 1. The van der Waals surface area contributed by atoms with Crippen LogP contribution in [0.5, 0.6) is 0 Å². The number of carbonyl (C=O) groups is 1. The Morgan fingerprint density at radius 3 is 2.56 bits per heavy atom. The summed E-state index contributed by atoms with van der Waals surface area (Å²) in [4.78, 5) is 42.6. The Kier molecular flexibility index (Phi) is 5.12. The van der Waals surface area contributed by atoms with Crippen LogP contribution in [-0.2, 0) is 32.0 Å². The van der Waals surface area contributed by atoms with E-state index in [1.807, 2.05) is 0 Å². The molecule has 10 heteroatoms. The minimum absolute atomic E-state index is 0.0916. The molecule has 8 nitrogen and oxygen atoms in total. The number of halogens is 2. The van der Waals surface area contributed by atoms with Crippen molar-refractivity contribution in [3.8, 4) is 0 Å². The summed E-state index contributed by atoms with van der Waals surface area (Å²) in [6.07, 6.45) is 1.38. The van der Waals surface area contributed by atoms with E-state index in [9.17, 15) is 14.4 Å². The molecular weight excluding hydrogens is 393 g/mol. The molecule has 0 aliphatic carbocycles. The average Bonchev–Trinajstić information content (AvgIpc) is 3.04. The third kappa shape index (κ3) is 3.50. The van der Waals surface area contributed by atoms with Gasteiger partial charge in [-0.15, -0.1) is 0 Å². The van der Waals surface area contributed by atoms with Crippen LogP contribution < -0.4 is 11.2 Å². The fraction of sp³-hybridized carbons (Fsp3) is 0.294. The molecule has 0 N–H and O–H groups in total. The second-order valence-electron chi connectivity index (χ2n) is 6.24. The second-order valence-corrected chi connectivity index (χ2v) is 7.08. The fourth-order valence-corrected chi connectivity index (χ4v) is 3.25. The maximum atomic E-state index is 12.6. The highest BCUT2D eigenvalue weighted by Crippen LogP contribution is 2.22. The molecule has 0 fully saturated rings. The average molecular weight is 410 g/mol. The van der Waals surface area contributed by atoms with Crippen molar-refractivity contribution in [3.63, 3.8) is 0 Å². The van der Waals surface area contributed by atoms with Gasteiger partial charge < -0.3 is 9.47 Å². The smallest absolute Gasteiger partial charge is 0.332 e. The first kappa shape index (κ1) is 19.2. The molecule has 3 rings (SSSR count). The molecule has 0 unspecified atom stereocenters. The predicted molar refractivity (Wildman–Crippen MR) is 103 cm³/mol. The zero-order chi connectivity index (χ0) is 19.9. The summed E-state index contributed by atoms with van der Waals surface area (Å²) in [5, 5.41) is 0.989. The number of amides is 1. The van der Waals surface area contributed by atoms with Gasteiger partial charge in [-0.3, -0.25) is 18.7 Å². The Morgan fingerprint density at radius 1 is 1.19 bits per heavy atom. The van der Waals surface area contributed by atoms with Crippen LogP contribution >= 0.6 is 23.2 Å². The number of aryl methyl sites for hydroxylation is 1. The molecule has 0 bridgehead atoms. The molecule has 0 aliphatic heterocycles. The normalized spacial score (nSPS) is 11.1. The number of aromatic nitrogens is 4. The molecule has 1 amide bonds. The molecule has 27 heavy (non-hydrogen) atoms. The van der Waals surface area contributed by atoms with Gasteiger partial charge in [0.25, 0.3) is 5.56 Å². The molecule has 142 valence electrons. The molecule has 2 heterocycles. The molecule has 2 aromatic heterocycles. The van der Waals surface area contributed by atoms with Crippen molar-refractivity contribution in [1.82, 2.24) is 23.6 Å². The number of imidazole rings is 1. The van der Waals surface area contributed by atoms with Gasteiger partial charge in [-0.2, -0.15) is 0 Å². The van der Waals surface area contributed by atoms with E-state index in [1.165, 1.54) is 34.5 Å². The van der Waals surface area contributed by atoms with E-state index in [4.69, 9.17) is 23.2 Å². The van der Waals surface area contributed by atoms with E-state index >= 15 is 0 Å². The first-order valence-electron chi connectivity index (χ1n) is 7.99. The SMILES string of the molecule is CN(Cc1ccc(Cl)cc1Cl)C(=O)Cn1cnc2c1c(=O)n(C)c(=O)n2C. The zero-order valence-electron chi connectivity index (χ0n) is 14.9. The van der Waals surface area contributed by atoms with Crippen LogP contribution in [0.1, 0.15) is 5.56 Å². The lowest BCUT2D eigenvalue weighted by atomic mass is 10.2. The van der Waals surface area contributed by atoms with Crippen LogP contribution in [0.25, 0.3) is 11.2 Å². The van der Waals surface area contributed by atoms with E-state index in [0.29, 0.717) is 10.0 Å². The van der Waals surface area contributed by atoms with Crippen molar-refractivity contribution < 1.29 is 4.79 Å². The monoisotopic (exact) mass is 409 g/mol. The number of fused-ring (bicyclic) bond motifs is 1. The highest BCUT2D eigenvalue weighted by atomic mass is 35.5. The Balaban J connectivity index is 1.88. The lowest BCUT2D eigenvalue weighted by Crippen LogP contribution is -2.38. The maximum absolute atomic E-state index is 12.6. The molecule has 0 atom stereocenters. The molecule has 0 aliphatic rings. The van der Waals surface area contributed by atoms with Gasteiger partial charge in [0.15, 0.2) is 11.2 Å². The van der Waals surface area contributed by atoms with Gasteiger partial charge in [-0.25, -0.2) is 9.78 Å². The first-order chi connectivity index (χ1) is 12.7. The van der Waals surface area contributed by atoms with Crippen molar-refractivity contribution >= 4 is 40.3 Å². The molecule has 1 aromatic carbocycles. The van der Waals surface area contributed by atoms with E-state index in [-0.39, 0.29) is 30.2 Å². The fourth-order valence-electron chi connectivity index (χ4n) is 2.78. The van der Waals surface area contributed by atoms with Crippen molar-refractivity contribution in [3.05, 3.63) is 61.0 Å². The summed E-state index contributed by atoms with van der Waals surface area (Å²) >= 11 is 12.0. The van der Waals surface area contributed by atoms with Crippen molar-refractivity contribution in [2.45, 2.75) is 13.1 Å². The van der Waals surface area contributed by atoms with Crippen molar-refractivity contribution in [2.24, 2.45) is 14.1 Å². The minimum Gasteiger partial charge on any atom is -0.340 e. The van der Waals surface area contributed by atoms with E-state index in [1.54, 1.807) is 25.2 Å². The Hall–Kier alpha value is -2.58. The van der Waals surface area contributed by atoms with Gasteiger partial charge in [-0.1, -0.05) is 29.3 Å². The standard InChI is InChI=1S/C17H17Cl2N5O3/c1-21(7-10-4-5-11(18)6-12(10)19)13(25)8-24-9-20-15-14(24)16(26)23(3)17(27)22(15)2/h4-6,9H,7-8H2,1-3H3. The lowest BCUT2D eigenvalue weighted by molar-refractivity contribution is -0.131. The lowest BCUT2D eigenvalue weighted by Gasteiger charge is -2.18. The number of nitrogens with zero attached hydrogens (tertiary/aromatic N) is 5. The topological polar surface area (TPSA) is 82.1 Å². The van der Waals surface area contributed by atoms with Crippen LogP contribution in [0.3, 0.4) is 0 Å². The second kappa shape index (κ2) is 7.21. The largest absolute Gasteiger partial charge is 0.340 e.